The van der Waals surface area contributed by atoms with Crippen molar-refractivity contribution in [3.8, 4) is 5.82 Å². The number of ether oxygens (including phenoxy) is 1. The Balaban J connectivity index is 1.60. The van der Waals surface area contributed by atoms with E-state index in [2.05, 4.69) is 46.2 Å². The summed E-state index contributed by atoms with van der Waals surface area (Å²) in [5.41, 5.74) is 4.51. The minimum atomic E-state index is 0.0455. The predicted molar refractivity (Wildman–Crippen MR) is 101 cm³/mol. The molecule has 0 saturated carbocycles. The average Bonchev–Trinajstić information content (AvgIpc) is 3.00. The summed E-state index contributed by atoms with van der Waals surface area (Å²) in [4.78, 5) is 11.4. The van der Waals surface area contributed by atoms with E-state index in [9.17, 15) is 0 Å². The third-order valence-corrected chi connectivity index (χ3v) is 4.76. The van der Waals surface area contributed by atoms with Gasteiger partial charge in [-0.1, -0.05) is 24.3 Å². The molecule has 1 fully saturated rings. The number of aryl methyl sites for hydroxylation is 3. The van der Waals surface area contributed by atoms with Gasteiger partial charge in [0.2, 0.25) is 0 Å². The summed E-state index contributed by atoms with van der Waals surface area (Å²) < 4.78 is 7.86. The molecular formula is C20H23N5O. The van der Waals surface area contributed by atoms with Gasteiger partial charge in [0.1, 0.15) is 11.9 Å². The van der Waals surface area contributed by atoms with Crippen LogP contribution in [0.25, 0.3) is 5.82 Å². The molecule has 26 heavy (non-hydrogen) atoms. The Kier molecular flexibility index (Phi) is 4.42. The molecule has 0 N–H and O–H groups in total. The SMILES string of the molecule is Cc1cc(C)n(-c2cncc(N3CCOC(c4ccccc4C)C3)n2)n1. The van der Waals surface area contributed by atoms with E-state index in [1.165, 1.54) is 11.1 Å². The number of benzene rings is 1. The summed E-state index contributed by atoms with van der Waals surface area (Å²) >= 11 is 0. The molecule has 6 nitrogen and oxygen atoms in total. The van der Waals surface area contributed by atoms with Gasteiger partial charge in [-0.05, 0) is 38.0 Å². The van der Waals surface area contributed by atoms with Crippen LogP contribution in [0, 0.1) is 20.8 Å². The molecule has 0 aliphatic carbocycles. The Morgan fingerprint density at radius 3 is 2.65 bits per heavy atom. The van der Waals surface area contributed by atoms with Crippen LogP contribution in [0.2, 0.25) is 0 Å². The van der Waals surface area contributed by atoms with Gasteiger partial charge in [-0.15, -0.1) is 0 Å². The van der Waals surface area contributed by atoms with Crippen LogP contribution in [-0.2, 0) is 4.74 Å². The average molecular weight is 349 g/mol. The highest BCUT2D eigenvalue weighted by Crippen LogP contribution is 2.27. The minimum Gasteiger partial charge on any atom is -0.370 e. The van der Waals surface area contributed by atoms with E-state index in [-0.39, 0.29) is 6.10 Å². The monoisotopic (exact) mass is 349 g/mol. The van der Waals surface area contributed by atoms with Gasteiger partial charge in [0.05, 0.1) is 24.7 Å². The molecule has 0 radical (unpaired) electrons. The Hall–Kier alpha value is -2.73. The predicted octanol–water partition coefficient (Wildman–Crippen LogP) is 3.17. The van der Waals surface area contributed by atoms with Gasteiger partial charge < -0.3 is 9.64 Å². The van der Waals surface area contributed by atoms with Gasteiger partial charge in [0.15, 0.2) is 5.82 Å². The zero-order valence-electron chi connectivity index (χ0n) is 15.4. The number of aromatic nitrogens is 4. The molecule has 6 heteroatoms. The first-order valence-electron chi connectivity index (χ1n) is 8.89. The van der Waals surface area contributed by atoms with Crippen LogP contribution >= 0.6 is 0 Å². The number of nitrogens with zero attached hydrogens (tertiary/aromatic N) is 5. The first-order chi connectivity index (χ1) is 12.6. The maximum Gasteiger partial charge on any atom is 0.174 e. The summed E-state index contributed by atoms with van der Waals surface area (Å²) in [6.07, 6.45) is 3.61. The Bertz CT molecular complexity index is 920. The third-order valence-electron chi connectivity index (χ3n) is 4.76. The van der Waals surface area contributed by atoms with E-state index in [1.807, 2.05) is 30.8 Å². The fourth-order valence-electron chi connectivity index (χ4n) is 3.45. The van der Waals surface area contributed by atoms with Crippen molar-refractivity contribution in [3.63, 3.8) is 0 Å². The van der Waals surface area contributed by atoms with Crippen molar-refractivity contribution in [2.75, 3.05) is 24.6 Å². The molecule has 1 atom stereocenters. The van der Waals surface area contributed by atoms with E-state index in [0.29, 0.717) is 6.61 Å². The maximum absolute atomic E-state index is 6.03. The van der Waals surface area contributed by atoms with Crippen molar-refractivity contribution in [1.29, 1.82) is 0 Å². The Labute approximate surface area is 153 Å². The first-order valence-corrected chi connectivity index (χ1v) is 8.89. The van der Waals surface area contributed by atoms with Crippen LogP contribution in [0.1, 0.15) is 28.6 Å². The molecule has 0 bridgehead atoms. The molecule has 0 spiro atoms. The van der Waals surface area contributed by atoms with Crippen LogP contribution in [-0.4, -0.2) is 39.4 Å². The molecule has 2 aromatic heterocycles. The van der Waals surface area contributed by atoms with Crippen LogP contribution < -0.4 is 4.90 Å². The lowest BCUT2D eigenvalue weighted by Gasteiger charge is -2.34. The van der Waals surface area contributed by atoms with Crippen LogP contribution in [0.4, 0.5) is 5.82 Å². The van der Waals surface area contributed by atoms with E-state index >= 15 is 0 Å². The maximum atomic E-state index is 6.03. The van der Waals surface area contributed by atoms with Crippen molar-refractivity contribution < 1.29 is 4.74 Å². The Morgan fingerprint density at radius 2 is 1.88 bits per heavy atom. The van der Waals surface area contributed by atoms with Crippen molar-refractivity contribution >= 4 is 5.82 Å². The lowest BCUT2D eigenvalue weighted by atomic mass is 10.0. The zero-order chi connectivity index (χ0) is 18.1. The van der Waals surface area contributed by atoms with E-state index < -0.39 is 0 Å². The number of anilines is 1. The van der Waals surface area contributed by atoms with Gasteiger partial charge in [-0.2, -0.15) is 5.10 Å². The lowest BCUT2D eigenvalue weighted by Crippen LogP contribution is -2.39. The standard InChI is InChI=1S/C20H23N5O/c1-14-6-4-5-7-17(14)18-13-24(8-9-26-18)19-11-21-12-20(22-19)25-16(3)10-15(2)23-25/h4-7,10-12,18H,8-9,13H2,1-3H3. The van der Waals surface area contributed by atoms with Gasteiger partial charge in [0, 0.05) is 18.8 Å². The van der Waals surface area contributed by atoms with Gasteiger partial charge in [-0.25, -0.2) is 9.67 Å². The van der Waals surface area contributed by atoms with E-state index in [0.717, 1.165) is 36.1 Å². The van der Waals surface area contributed by atoms with E-state index in [1.54, 1.807) is 6.20 Å². The molecule has 1 aliphatic rings. The fourth-order valence-corrected chi connectivity index (χ4v) is 3.45. The van der Waals surface area contributed by atoms with Crippen LogP contribution in [0.5, 0.6) is 0 Å². The zero-order valence-corrected chi connectivity index (χ0v) is 15.4. The summed E-state index contributed by atoms with van der Waals surface area (Å²) in [5.74, 6) is 1.60. The van der Waals surface area contributed by atoms with Crippen LogP contribution in [0.15, 0.2) is 42.7 Å². The molecule has 1 aromatic carbocycles. The molecule has 134 valence electrons. The highest BCUT2D eigenvalue weighted by atomic mass is 16.5. The second-order valence-corrected chi connectivity index (χ2v) is 6.74. The minimum absolute atomic E-state index is 0.0455. The second-order valence-electron chi connectivity index (χ2n) is 6.74. The molecular weight excluding hydrogens is 326 g/mol. The molecule has 1 unspecified atom stereocenters. The molecule has 4 rings (SSSR count). The lowest BCUT2D eigenvalue weighted by molar-refractivity contribution is 0.0391. The molecule has 0 amide bonds. The second kappa shape index (κ2) is 6.88. The molecule has 1 aliphatic heterocycles. The quantitative estimate of drug-likeness (QED) is 0.727. The normalized spacial score (nSPS) is 17.5. The third kappa shape index (κ3) is 3.20. The number of rotatable bonds is 3. The number of hydrogen-bond acceptors (Lipinski definition) is 5. The van der Waals surface area contributed by atoms with E-state index in [4.69, 9.17) is 9.72 Å². The highest BCUT2D eigenvalue weighted by Gasteiger charge is 2.24. The molecule has 3 aromatic rings. The summed E-state index contributed by atoms with van der Waals surface area (Å²) in [5, 5.41) is 4.51. The highest BCUT2D eigenvalue weighted by molar-refractivity contribution is 5.41. The molecule has 1 saturated heterocycles. The number of hydrogen-bond donors (Lipinski definition) is 0. The Morgan fingerprint density at radius 1 is 1.08 bits per heavy atom. The van der Waals surface area contributed by atoms with Crippen molar-refractivity contribution in [2.45, 2.75) is 26.9 Å². The van der Waals surface area contributed by atoms with Gasteiger partial charge in [-0.3, -0.25) is 4.98 Å². The van der Waals surface area contributed by atoms with Crippen molar-refractivity contribution in [1.82, 2.24) is 19.7 Å². The topological polar surface area (TPSA) is 56.1 Å². The van der Waals surface area contributed by atoms with Gasteiger partial charge in [0.25, 0.3) is 0 Å². The van der Waals surface area contributed by atoms with Gasteiger partial charge >= 0.3 is 0 Å². The fraction of sp³-hybridized carbons (Fsp3) is 0.350. The smallest absolute Gasteiger partial charge is 0.174 e. The molecule has 3 heterocycles. The first kappa shape index (κ1) is 16.7. The summed E-state index contributed by atoms with van der Waals surface area (Å²) in [6, 6.07) is 10.4. The largest absolute Gasteiger partial charge is 0.370 e. The van der Waals surface area contributed by atoms with Crippen molar-refractivity contribution in [2.24, 2.45) is 0 Å². The van der Waals surface area contributed by atoms with Crippen molar-refractivity contribution in [3.05, 3.63) is 65.2 Å². The summed E-state index contributed by atoms with van der Waals surface area (Å²) in [6.45, 7) is 8.37. The number of morpholine rings is 1. The summed E-state index contributed by atoms with van der Waals surface area (Å²) in [7, 11) is 0. The van der Waals surface area contributed by atoms with Crippen LogP contribution in [0.3, 0.4) is 0 Å².